The molecular formula is C26H35N7O3. The minimum atomic E-state index is -1.08. The Labute approximate surface area is 210 Å². The van der Waals surface area contributed by atoms with E-state index in [1.807, 2.05) is 6.07 Å². The second-order valence-corrected chi connectivity index (χ2v) is 10.8. The van der Waals surface area contributed by atoms with Crippen LogP contribution in [0.25, 0.3) is 11.0 Å². The molecule has 0 spiro atoms. The van der Waals surface area contributed by atoms with Gasteiger partial charge in [0.05, 0.1) is 18.2 Å². The van der Waals surface area contributed by atoms with E-state index in [0.29, 0.717) is 30.3 Å². The van der Waals surface area contributed by atoms with Gasteiger partial charge in [-0.1, -0.05) is 6.92 Å². The van der Waals surface area contributed by atoms with Crippen molar-refractivity contribution in [2.45, 2.75) is 64.5 Å². The Morgan fingerprint density at radius 2 is 2.06 bits per heavy atom. The first-order valence-electron chi connectivity index (χ1n) is 12.8. The lowest BCUT2D eigenvalue weighted by atomic mass is 9.89. The summed E-state index contributed by atoms with van der Waals surface area (Å²) in [5.41, 5.74) is 1.12. The molecule has 2 aliphatic rings. The Morgan fingerprint density at radius 1 is 1.31 bits per heavy atom. The number of anilines is 1. The van der Waals surface area contributed by atoms with Gasteiger partial charge < -0.3 is 25.0 Å². The minimum absolute atomic E-state index is 0.000211. The third-order valence-corrected chi connectivity index (χ3v) is 7.62. The number of hydrogen-bond donors (Lipinski definition) is 3. The number of nitrogens with zero attached hydrogens (tertiary/aromatic N) is 5. The van der Waals surface area contributed by atoms with Gasteiger partial charge in [-0.05, 0) is 75.5 Å². The summed E-state index contributed by atoms with van der Waals surface area (Å²) in [6.07, 6.45) is 6.86. The van der Waals surface area contributed by atoms with Crippen LogP contribution in [0, 0.1) is 11.8 Å². The van der Waals surface area contributed by atoms with Crippen molar-refractivity contribution >= 4 is 22.9 Å². The monoisotopic (exact) mass is 493 g/mol. The van der Waals surface area contributed by atoms with E-state index in [4.69, 9.17) is 4.74 Å². The molecule has 10 nitrogen and oxygen atoms in total. The first-order valence-corrected chi connectivity index (χ1v) is 12.8. The van der Waals surface area contributed by atoms with E-state index in [1.165, 1.54) is 10.9 Å². The summed E-state index contributed by atoms with van der Waals surface area (Å²) in [7, 11) is 0. The zero-order valence-electron chi connectivity index (χ0n) is 21.4. The zero-order chi connectivity index (χ0) is 25.4. The van der Waals surface area contributed by atoms with Crippen LogP contribution in [0.3, 0.4) is 0 Å². The molecule has 1 amide bonds. The summed E-state index contributed by atoms with van der Waals surface area (Å²) >= 11 is 0. The van der Waals surface area contributed by atoms with E-state index in [2.05, 4.69) is 54.3 Å². The van der Waals surface area contributed by atoms with Crippen LogP contribution in [-0.4, -0.2) is 67.3 Å². The van der Waals surface area contributed by atoms with Crippen LogP contribution in [0.4, 0.5) is 5.95 Å². The fraction of sp³-hybridized carbons (Fsp3) is 0.577. The van der Waals surface area contributed by atoms with Crippen molar-refractivity contribution in [1.82, 2.24) is 30.2 Å². The van der Waals surface area contributed by atoms with Crippen molar-refractivity contribution in [3.05, 3.63) is 35.9 Å². The predicted molar refractivity (Wildman–Crippen MR) is 136 cm³/mol. The van der Waals surface area contributed by atoms with E-state index < -0.39 is 17.6 Å². The Kier molecular flexibility index (Phi) is 6.55. The number of fused-ring (bicyclic) bond motifs is 1. The van der Waals surface area contributed by atoms with Crippen molar-refractivity contribution in [2.24, 2.45) is 11.8 Å². The average Bonchev–Trinajstić information content (AvgIpc) is 3.40. The van der Waals surface area contributed by atoms with Gasteiger partial charge in [-0.25, -0.2) is 4.98 Å². The Bertz CT molecular complexity index is 1230. The number of H-pyrrole nitrogens is 1. The molecule has 3 aromatic heterocycles. The number of piperidine rings is 1. The van der Waals surface area contributed by atoms with Gasteiger partial charge in [-0.3, -0.25) is 4.79 Å². The molecule has 3 N–H and O–H groups in total. The number of aliphatic hydroxyl groups is 1. The van der Waals surface area contributed by atoms with Gasteiger partial charge in [-0.2, -0.15) is 15.0 Å². The van der Waals surface area contributed by atoms with Crippen LogP contribution in [-0.2, 0) is 0 Å². The van der Waals surface area contributed by atoms with Crippen molar-refractivity contribution in [3.8, 4) is 6.01 Å². The van der Waals surface area contributed by atoms with E-state index >= 15 is 0 Å². The van der Waals surface area contributed by atoms with Crippen molar-refractivity contribution < 1.29 is 14.6 Å². The topological polar surface area (TPSA) is 129 Å². The van der Waals surface area contributed by atoms with Crippen LogP contribution in [0.15, 0.2) is 24.5 Å². The minimum Gasteiger partial charge on any atom is -0.463 e. The average molecular weight is 494 g/mol. The van der Waals surface area contributed by atoms with Gasteiger partial charge in [0.2, 0.25) is 11.8 Å². The highest BCUT2D eigenvalue weighted by atomic mass is 16.5. The number of carbonyl (C=O) groups excluding carboxylic acids is 1. The number of carbonyl (C=O) groups is 1. The van der Waals surface area contributed by atoms with Crippen molar-refractivity contribution in [2.75, 3.05) is 24.6 Å². The summed E-state index contributed by atoms with van der Waals surface area (Å²) in [6, 6.07) is 3.76. The third kappa shape index (κ3) is 5.28. The van der Waals surface area contributed by atoms with Crippen LogP contribution in [0.1, 0.15) is 69.1 Å². The number of ether oxygens (including phenoxy) is 1. The zero-order valence-corrected chi connectivity index (χ0v) is 21.4. The fourth-order valence-corrected chi connectivity index (χ4v) is 4.61. The maximum Gasteiger partial charge on any atom is 0.321 e. The maximum absolute atomic E-state index is 13.0. The maximum atomic E-state index is 13.0. The van der Waals surface area contributed by atoms with Gasteiger partial charge in [0.15, 0.2) is 0 Å². The summed E-state index contributed by atoms with van der Waals surface area (Å²) in [5, 5.41) is 14.2. The van der Waals surface area contributed by atoms with Crippen molar-refractivity contribution in [1.29, 1.82) is 0 Å². The van der Waals surface area contributed by atoms with Gasteiger partial charge in [0.25, 0.3) is 5.91 Å². The quantitative estimate of drug-likeness (QED) is 0.437. The Balaban J connectivity index is 1.33. The molecule has 0 aromatic carbocycles. The highest BCUT2D eigenvalue weighted by Gasteiger charge is 2.34. The molecule has 1 saturated heterocycles. The highest BCUT2D eigenvalue weighted by Crippen LogP contribution is 2.38. The van der Waals surface area contributed by atoms with Gasteiger partial charge in [0, 0.05) is 30.9 Å². The molecule has 192 valence electrons. The SMILES string of the molecule is C[C@@H]1C[C@@H]1COc1nc(C(=O)N[C@H](C)C(C)(C)O)nc(N2CCC(c3c[nH]c4ncccc34)CC2)n1. The summed E-state index contributed by atoms with van der Waals surface area (Å²) in [4.78, 5) is 36.1. The number of pyridine rings is 1. The third-order valence-electron chi connectivity index (χ3n) is 7.62. The van der Waals surface area contributed by atoms with Crippen LogP contribution >= 0.6 is 0 Å². The van der Waals surface area contributed by atoms with E-state index in [1.54, 1.807) is 27.0 Å². The van der Waals surface area contributed by atoms with Crippen molar-refractivity contribution in [3.63, 3.8) is 0 Å². The highest BCUT2D eigenvalue weighted by molar-refractivity contribution is 5.91. The van der Waals surface area contributed by atoms with Crippen LogP contribution in [0.2, 0.25) is 0 Å². The van der Waals surface area contributed by atoms with E-state index in [0.717, 1.165) is 38.0 Å². The Hall–Kier alpha value is -3.27. The predicted octanol–water partition coefficient (Wildman–Crippen LogP) is 3.06. The molecule has 0 bridgehead atoms. The molecular weight excluding hydrogens is 458 g/mol. The molecule has 1 saturated carbocycles. The first kappa shape index (κ1) is 24.4. The summed E-state index contributed by atoms with van der Waals surface area (Å²) in [5.74, 6) is 1.53. The lowest BCUT2D eigenvalue weighted by molar-refractivity contribution is 0.0405. The second-order valence-electron chi connectivity index (χ2n) is 10.8. The molecule has 1 aliphatic heterocycles. The fourth-order valence-electron chi connectivity index (χ4n) is 4.61. The smallest absolute Gasteiger partial charge is 0.321 e. The van der Waals surface area contributed by atoms with Crippen LogP contribution in [0.5, 0.6) is 6.01 Å². The number of hydrogen-bond acceptors (Lipinski definition) is 8. The summed E-state index contributed by atoms with van der Waals surface area (Å²) < 4.78 is 5.89. The van der Waals surface area contributed by atoms with E-state index in [9.17, 15) is 9.90 Å². The molecule has 5 rings (SSSR count). The molecule has 3 aromatic rings. The Morgan fingerprint density at radius 3 is 2.75 bits per heavy atom. The lowest BCUT2D eigenvalue weighted by Crippen LogP contribution is -2.47. The number of nitrogens with one attached hydrogen (secondary N) is 2. The molecule has 1 aliphatic carbocycles. The molecule has 4 heterocycles. The number of amides is 1. The number of aromatic amines is 1. The molecule has 0 unspecified atom stereocenters. The largest absolute Gasteiger partial charge is 0.463 e. The number of rotatable bonds is 8. The summed E-state index contributed by atoms with van der Waals surface area (Å²) in [6.45, 7) is 9.27. The van der Waals surface area contributed by atoms with Gasteiger partial charge in [-0.15, -0.1) is 0 Å². The van der Waals surface area contributed by atoms with Crippen LogP contribution < -0.4 is 15.0 Å². The molecule has 10 heteroatoms. The lowest BCUT2D eigenvalue weighted by Gasteiger charge is -2.32. The normalized spacial score (nSPS) is 21.4. The molecule has 2 fully saturated rings. The number of aromatic nitrogens is 5. The van der Waals surface area contributed by atoms with E-state index in [-0.39, 0.29) is 11.8 Å². The molecule has 36 heavy (non-hydrogen) atoms. The second kappa shape index (κ2) is 9.65. The standard InChI is InChI=1S/C26H35N7O3/c1-15-12-18(15)14-36-25-31-22(23(34)29-16(2)26(3,4)35)30-24(32-25)33-10-7-17(8-11-33)20-13-28-21-19(20)6-5-9-27-21/h5-6,9,13,15-18,35H,7-8,10-12,14H2,1-4H3,(H,27,28)(H,29,34)/t15-,16-,18-/m1/s1. The molecule has 3 atom stereocenters. The van der Waals surface area contributed by atoms with Gasteiger partial charge >= 0.3 is 6.01 Å². The first-order chi connectivity index (χ1) is 17.2. The van der Waals surface area contributed by atoms with Gasteiger partial charge in [0.1, 0.15) is 5.65 Å². The molecule has 0 radical (unpaired) electrons.